The molecule has 2 rings (SSSR count). The van der Waals surface area contributed by atoms with Gasteiger partial charge < -0.3 is 0 Å². The van der Waals surface area contributed by atoms with Crippen molar-refractivity contribution >= 4 is 22.6 Å². The van der Waals surface area contributed by atoms with Crippen LogP contribution in [0, 0.1) is 8.99 Å². The molecule has 2 nitrogen and oxygen atoms in total. The van der Waals surface area contributed by atoms with Crippen molar-refractivity contribution in [1.82, 2.24) is 9.78 Å². The molecule has 1 fully saturated rings. The van der Waals surface area contributed by atoms with Gasteiger partial charge in [-0.15, -0.1) is 0 Å². The first-order valence-corrected chi connectivity index (χ1v) is 5.16. The Morgan fingerprint density at radius 1 is 1.62 bits per heavy atom. The normalized spacial score (nSPS) is 19.4. The predicted molar refractivity (Wildman–Crippen MR) is 52.6 cm³/mol. The second-order valence-corrected chi connectivity index (χ2v) is 4.76. The summed E-state index contributed by atoms with van der Waals surface area (Å²) in [5.41, 5.74) is -0.769. The average molecular weight is 298 g/mol. The molecule has 0 unspecified atom stereocenters. The number of hydrogen-bond acceptors (Lipinski definition) is 1. The third-order valence-corrected chi connectivity index (χ3v) is 2.99. The fraction of sp³-hybridized carbons (Fsp3) is 0.625. The summed E-state index contributed by atoms with van der Waals surface area (Å²) < 4.78 is 27.6. The van der Waals surface area contributed by atoms with E-state index < -0.39 is 11.8 Å². The van der Waals surface area contributed by atoms with E-state index >= 15 is 0 Å². The first-order valence-electron chi connectivity index (χ1n) is 4.08. The summed E-state index contributed by atoms with van der Waals surface area (Å²) in [7, 11) is 0. The van der Waals surface area contributed by atoms with Crippen molar-refractivity contribution in [3.05, 3.63) is 16.0 Å². The summed E-state index contributed by atoms with van der Waals surface area (Å²) in [6.45, 7) is 0.355. The molecule has 0 aromatic carbocycles. The van der Waals surface area contributed by atoms with Gasteiger partial charge in [0.05, 0.1) is 21.7 Å². The van der Waals surface area contributed by atoms with Crippen molar-refractivity contribution in [2.75, 3.05) is 0 Å². The highest BCUT2D eigenvalue weighted by atomic mass is 127. The van der Waals surface area contributed by atoms with Gasteiger partial charge in [-0.1, -0.05) is 0 Å². The van der Waals surface area contributed by atoms with Crippen LogP contribution in [0.4, 0.5) is 8.78 Å². The van der Waals surface area contributed by atoms with Gasteiger partial charge in [0, 0.05) is 6.20 Å². The molecule has 0 atom stereocenters. The van der Waals surface area contributed by atoms with Crippen LogP contribution in [-0.4, -0.2) is 16.2 Å². The lowest BCUT2D eigenvalue weighted by Gasteiger charge is -2.13. The Morgan fingerprint density at radius 3 is 2.69 bits per heavy atom. The fourth-order valence-electron chi connectivity index (χ4n) is 1.35. The summed E-state index contributed by atoms with van der Waals surface area (Å²) >= 11 is 2.12. The summed E-state index contributed by atoms with van der Waals surface area (Å²) in [6, 6.07) is 0. The van der Waals surface area contributed by atoms with Crippen LogP contribution in [0.25, 0.3) is 0 Å². The van der Waals surface area contributed by atoms with Gasteiger partial charge in [0.1, 0.15) is 0 Å². The van der Waals surface area contributed by atoms with Crippen LogP contribution in [0.1, 0.15) is 12.8 Å². The molecule has 0 saturated heterocycles. The van der Waals surface area contributed by atoms with E-state index in [1.54, 1.807) is 17.1 Å². The molecule has 1 aliphatic rings. The van der Waals surface area contributed by atoms with Crippen LogP contribution in [0.15, 0.2) is 12.4 Å². The van der Waals surface area contributed by atoms with Crippen LogP contribution in [-0.2, 0) is 6.54 Å². The topological polar surface area (TPSA) is 17.8 Å². The Hall–Kier alpha value is -0.200. The minimum absolute atomic E-state index is 0.355. The Labute approximate surface area is 88.5 Å². The van der Waals surface area contributed by atoms with Crippen LogP contribution in [0.2, 0.25) is 0 Å². The maximum absolute atomic E-state index is 12.5. The Morgan fingerprint density at radius 2 is 2.31 bits per heavy atom. The van der Waals surface area contributed by atoms with Crippen molar-refractivity contribution in [2.24, 2.45) is 5.41 Å². The standard InChI is InChI=1S/C8H9F2IN2/c9-7(10)8(1-2-8)5-13-4-6(11)3-12-13/h3-4,7H,1-2,5H2. The van der Waals surface area contributed by atoms with E-state index in [-0.39, 0.29) is 0 Å². The van der Waals surface area contributed by atoms with Crippen molar-refractivity contribution in [3.8, 4) is 0 Å². The lowest BCUT2D eigenvalue weighted by Crippen LogP contribution is -2.19. The van der Waals surface area contributed by atoms with Crippen molar-refractivity contribution in [3.63, 3.8) is 0 Å². The second-order valence-electron chi connectivity index (χ2n) is 3.52. The zero-order valence-corrected chi connectivity index (χ0v) is 9.04. The molecular weight excluding hydrogens is 289 g/mol. The van der Waals surface area contributed by atoms with Gasteiger partial charge >= 0.3 is 0 Å². The molecule has 0 N–H and O–H groups in total. The van der Waals surface area contributed by atoms with Crippen LogP contribution in [0.3, 0.4) is 0 Å². The molecule has 5 heteroatoms. The van der Waals surface area contributed by atoms with Gasteiger partial charge in [0.25, 0.3) is 0 Å². The fourth-order valence-corrected chi connectivity index (χ4v) is 1.80. The molecule has 13 heavy (non-hydrogen) atoms. The number of rotatable bonds is 3. The number of halogens is 3. The maximum Gasteiger partial charge on any atom is 0.245 e. The average Bonchev–Trinajstić information content (AvgIpc) is 2.72. The summed E-state index contributed by atoms with van der Waals surface area (Å²) in [5, 5.41) is 4.00. The van der Waals surface area contributed by atoms with Gasteiger partial charge in [-0.25, -0.2) is 8.78 Å². The van der Waals surface area contributed by atoms with E-state index in [0.29, 0.717) is 19.4 Å². The van der Waals surface area contributed by atoms with Crippen LogP contribution in [0.5, 0.6) is 0 Å². The van der Waals surface area contributed by atoms with Gasteiger partial charge in [-0.3, -0.25) is 4.68 Å². The minimum atomic E-state index is -2.21. The SMILES string of the molecule is FC(F)C1(Cn2cc(I)cn2)CC1. The first kappa shape index (κ1) is 9.36. The smallest absolute Gasteiger partial charge is 0.245 e. The number of nitrogens with zero attached hydrogens (tertiary/aromatic N) is 2. The lowest BCUT2D eigenvalue weighted by molar-refractivity contribution is 0.0490. The third-order valence-electron chi connectivity index (χ3n) is 2.43. The molecule has 1 saturated carbocycles. The first-order chi connectivity index (χ1) is 6.12. The largest absolute Gasteiger partial charge is 0.271 e. The number of hydrogen-bond donors (Lipinski definition) is 0. The molecule has 1 aromatic heterocycles. The Bertz CT molecular complexity index is 307. The second kappa shape index (κ2) is 3.18. The van der Waals surface area contributed by atoms with E-state index in [1.165, 1.54) is 0 Å². The van der Waals surface area contributed by atoms with Gasteiger partial charge in [0.2, 0.25) is 6.43 Å². The van der Waals surface area contributed by atoms with E-state index in [4.69, 9.17) is 0 Å². The molecule has 72 valence electrons. The predicted octanol–water partition coefficient (Wildman–Crippen LogP) is 2.53. The highest BCUT2D eigenvalue weighted by Gasteiger charge is 2.51. The molecule has 1 heterocycles. The summed E-state index contributed by atoms with van der Waals surface area (Å²) in [6.07, 6.45) is 2.52. The summed E-state index contributed by atoms with van der Waals surface area (Å²) in [5.74, 6) is 0. The molecule has 1 aliphatic carbocycles. The van der Waals surface area contributed by atoms with Crippen LogP contribution >= 0.6 is 22.6 Å². The van der Waals surface area contributed by atoms with Crippen molar-refractivity contribution in [2.45, 2.75) is 25.8 Å². The van der Waals surface area contributed by atoms with Crippen molar-refractivity contribution < 1.29 is 8.78 Å². The highest BCUT2D eigenvalue weighted by molar-refractivity contribution is 14.1. The highest BCUT2D eigenvalue weighted by Crippen LogP contribution is 2.51. The molecule has 0 amide bonds. The van der Waals surface area contributed by atoms with E-state index in [0.717, 1.165) is 3.57 Å². The van der Waals surface area contributed by atoms with E-state index in [9.17, 15) is 8.78 Å². The quantitative estimate of drug-likeness (QED) is 0.784. The zero-order valence-electron chi connectivity index (χ0n) is 6.88. The van der Waals surface area contributed by atoms with Crippen molar-refractivity contribution in [1.29, 1.82) is 0 Å². The number of aromatic nitrogens is 2. The van der Waals surface area contributed by atoms with E-state index in [1.807, 2.05) is 0 Å². The van der Waals surface area contributed by atoms with Gasteiger partial charge in [-0.05, 0) is 35.4 Å². The Balaban J connectivity index is 2.06. The molecule has 1 aromatic rings. The molecule has 0 bridgehead atoms. The third kappa shape index (κ3) is 1.84. The maximum atomic E-state index is 12.5. The monoisotopic (exact) mass is 298 g/mol. The summed E-state index contributed by atoms with van der Waals surface area (Å²) in [4.78, 5) is 0. The van der Waals surface area contributed by atoms with Gasteiger partial charge in [0.15, 0.2) is 0 Å². The van der Waals surface area contributed by atoms with E-state index in [2.05, 4.69) is 27.7 Å². The van der Waals surface area contributed by atoms with Gasteiger partial charge in [-0.2, -0.15) is 5.10 Å². The molecule has 0 aliphatic heterocycles. The molecule has 0 radical (unpaired) electrons. The molecular formula is C8H9F2IN2. The lowest BCUT2D eigenvalue weighted by atomic mass is 10.1. The zero-order chi connectivity index (χ0) is 9.47. The number of alkyl halides is 2. The van der Waals surface area contributed by atoms with Crippen LogP contribution < -0.4 is 0 Å². The minimum Gasteiger partial charge on any atom is -0.271 e. The molecule has 0 spiro atoms. The Kier molecular flexibility index (Phi) is 2.29.